The third-order valence-electron chi connectivity index (χ3n) is 3.93. The number of hydrogen-bond acceptors (Lipinski definition) is 4. The van der Waals surface area contributed by atoms with Crippen LogP contribution in [0.15, 0.2) is 48.5 Å². The molecule has 5 nitrogen and oxygen atoms in total. The maximum Gasteiger partial charge on any atom is 0.253 e. The summed E-state index contributed by atoms with van der Waals surface area (Å²) in [7, 11) is 0. The van der Waals surface area contributed by atoms with Gasteiger partial charge in [0.15, 0.2) is 4.99 Å². The van der Waals surface area contributed by atoms with Crippen molar-refractivity contribution in [3.05, 3.63) is 59.1 Å². The molecule has 0 saturated carbocycles. The Labute approximate surface area is 149 Å². The van der Waals surface area contributed by atoms with Gasteiger partial charge in [-0.1, -0.05) is 35.9 Å². The molecule has 0 aliphatic heterocycles. The van der Waals surface area contributed by atoms with Crippen LogP contribution in [0, 0.1) is 0 Å². The summed E-state index contributed by atoms with van der Waals surface area (Å²) in [4.78, 5) is 12.0. The van der Waals surface area contributed by atoms with Crippen LogP contribution in [0.4, 0.5) is 0 Å². The summed E-state index contributed by atoms with van der Waals surface area (Å²) in [5, 5.41) is 12.2. The molecule has 0 aliphatic carbocycles. The van der Waals surface area contributed by atoms with Crippen molar-refractivity contribution in [2.75, 3.05) is 6.26 Å². The van der Waals surface area contributed by atoms with Crippen molar-refractivity contribution in [2.24, 2.45) is 0 Å². The Morgan fingerprint density at radius 2 is 1.96 bits per heavy atom. The second-order valence-corrected chi connectivity index (χ2v) is 6.81. The second kappa shape index (κ2) is 6.83. The molecule has 24 heavy (non-hydrogen) atoms. The molecule has 0 spiro atoms. The van der Waals surface area contributed by atoms with E-state index in [2.05, 4.69) is 15.6 Å². The fourth-order valence-electron chi connectivity index (χ4n) is 2.56. The minimum absolute atomic E-state index is 0.178. The number of amides is 1. The average Bonchev–Trinajstić information content (AvgIpc) is 3.05. The highest BCUT2D eigenvalue weighted by atomic mass is 35.5. The number of fused-ring (bicyclic) bond motifs is 1. The molecule has 124 valence electrons. The quantitative estimate of drug-likeness (QED) is 0.701. The third-order valence-corrected chi connectivity index (χ3v) is 5.42. The first-order chi connectivity index (χ1) is 11.6. The normalized spacial score (nSPS) is 13.6. The summed E-state index contributed by atoms with van der Waals surface area (Å²) in [5.74, 6) is -0.178. The smallest absolute Gasteiger partial charge is 0.253 e. The molecule has 1 atom stereocenters. The van der Waals surface area contributed by atoms with Gasteiger partial charge in [0.1, 0.15) is 5.52 Å². The van der Waals surface area contributed by atoms with E-state index in [9.17, 15) is 4.79 Å². The zero-order valence-corrected chi connectivity index (χ0v) is 14.9. The standard InChI is InChI=1S/C17H17ClN4OS/c1-3-17(24-2,19-16(23)12-8-10-13(18)11-9-12)22-15-7-5-4-6-14(15)20-21-22/h4-11H,3H2,1-2H3,(H,19,23). The van der Waals surface area contributed by atoms with E-state index >= 15 is 0 Å². The fourth-order valence-corrected chi connectivity index (χ4v) is 3.48. The van der Waals surface area contributed by atoms with Gasteiger partial charge in [0.05, 0.1) is 5.52 Å². The van der Waals surface area contributed by atoms with Crippen molar-refractivity contribution in [3.8, 4) is 0 Å². The first-order valence-electron chi connectivity index (χ1n) is 7.54. The Balaban J connectivity index is 1.99. The van der Waals surface area contributed by atoms with Crippen LogP contribution < -0.4 is 5.32 Å². The van der Waals surface area contributed by atoms with Gasteiger partial charge in [0, 0.05) is 10.6 Å². The van der Waals surface area contributed by atoms with Gasteiger partial charge in [0.25, 0.3) is 5.91 Å². The molecule has 3 aromatic rings. The van der Waals surface area contributed by atoms with Crippen molar-refractivity contribution < 1.29 is 4.79 Å². The van der Waals surface area contributed by atoms with Crippen molar-refractivity contribution >= 4 is 40.3 Å². The van der Waals surface area contributed by atoms with Crippen molar-refractivity contribution in [1.82, 2.24) is 20.3 Å². The lowest BCUT2D eigenvalue weighted by atomic mass is 10.2. The number of carbonyl (C=O) groups is 1. The van der Waals surface area contributed by atoms with Crippen LogP contribution >= 0.6 is 23.4 Å². The number of thioether (sulfide) groups is 1. The summed E-state index contributed by atoms with van der Waals surface area (Å²) in [6.45, 7) is 2.01. The van der Waals surface area contributed by atoms with Crippen LogP contribution in [0.5, 0.6) is 0 Å². The van der Waals surface area contributed by atoms with E-state index < -0.39 is 4.99 Å². The highest BCUT2D eigenvalue weighted by Gasteiger charge is 2.34. The highest BCUT2D eigenvalue weighted by molar-refractivity contribution is 7.99. The lowest BCUT2D eigenvalue weighted by Gasteiger charge is -2.32. The van der Waals surface area contributed by atoms with Gasteiger partial charge in [-0.25, -0.2) is 4.68 Å². The van der Waals surface area contributed by atoms with Crippen LogP contribution in [-0.4, -0.2) is 27.2 Å². The first-order valence-corrected chi connectivity index (χ1v) is 9.14. The molecule has 0 bridgehead atoms. The van der Waals surface area contributed by atoms with E-state index in [0.717, 1.165) is 11.0 Å². The Bertz CT molecular complexity index is 858. The number of nitrogens with one attached hydrogen (secondary N) is 1. The highest BCUT2D eigenvalue weighted by Crippen LogP contribution is 2.32. The third kappa shape index (κ3) is 2.99. The zero-order chi connectivity index (χ0) is 17.2. The van der Waals surface area contributed by atoms with Crippen LogP contribution in [0.25, 0.3) is 11.0 Å². The van der Waals surface area contributed by atoms with Gasteiger partial charge >= 0.3 is 0 Å². The molecule has 0 aliphatic rings. The second-order valence-electron chi connectivity index (χ2n) is 5.29. The number of nitrogens with zero attached hydrogens (tertiary/aromatic N) is 3. The molecule has 3 rings (SSSR count). The lowest BCUT2D eigenvalue weighted by molar-refractivity contribution is 0.0898. The summed E-state index contributed by atoms with van der Waals surface area (Å²) in [6.07, 6.45) is 2.60. The van der Waals surface area contributed by atoms with Gasteiger partial charge in [-0.2, -0.15) is 0 Å². The number of para-hydroxylation sites is 1. The molecule has 0 saturated heterocycles. The first kappa shape index (κ1) is 16.8. The molecule has 1 heterocycles. The SMILES string of the molecule is CCC(NC(=O)c1ccc(Cl)cc1)(SC)n1nnc2ccccc21. The van der Waals surface area contributed by atoms with Gasteiger partial charge in [-0.15, -0.1) is 16.9 Å². The van der Waals surface area contributed by atoms with Crippen LogP contribution in [0.3, 0.4) is 0 Å². The number of carbonyl (C=O) groups excluding carboxylic acids is 1. The largest absolute Gasteiger partial charge is 0.319 e. The van der Waals surface area contributed by atoms with Crippen LogP contribution in [0.2, 0.25) is 5.02 Å². The van der Waals surface area contributed by atoms with Gasteiger partial charge in [-0.05, 0) is 49.1 Å². The molecular formula is C17H17ClN4OS. The molecule has 1 aromatic heterocycles. The van der Waals surface area contributed by atoms with E-state index in [1.165, 1.54) is 11.8 Å². The molecule has 0 radical (unpaired) electrons. The van der Waals surface area contributed by atoms with Crippen LogP contribution in [-0.2, 0) is 4.99 Å². The van der Waals surface area contributed by atoms with E-state index in [4.69, 9.17) is 11.6 Å². The van der Waals surface area contributed by atoms with Gasteiger partial charge in [-0.3, -0.25) is 4.79 Å². The Morgan fingerprint density at radius 3 is 2.62 bits per heavy atom. The molecule has 2 aromatic carbocycles. The summed E-state index contributed by atoms with van der Waals surface area (Å²) >= 11 is 7.41. The van der Waals surface area contributed by atoms with E-state index in [-0.39, 0.29) is 5.91 Å². The fraction of sp³-hybridized carbons (Fsp3) is 0.235. The molecule has 0 fully saturated rings. The molecule has 1 unspecified atom stereocenters. The molecule has 1 amide bonds. The zero-order valence-electron chi connectivity index (χ0n) is 13.4. The molecule has 7 heteroatoms. The molecular weight excluding hydrogens is 344 g/mol. The Hall–Kier alpha value is -2.05. The van der Waals surface area contributed by atoms with Gasteiger partial charge < -0.3 is 5.32 Å². The van der Waals surface area contributed by atoms with Crippen molar-refractivity contribution in [3.63, 3.8) is 0 Å². The van der Waals surface area contributed by atoms with Crippen molar-refractivity contribution in [2.45, 2.75) is 18.3 Å². The predicted octanol–water partition coefficient (Wildman–Crippen LogP) is 3.90. The summed E-state index contributed by atoms with van der Waals surface area (Å²) < 4.78 is 1.78. The number of rotatable bonds is 5. The van der Waals surface area contributed by atoms with E-state index in [1.54, 1.807) is 28.9 Å². The number of benzene rings is 2. The summed E-state index contributed by atoms with van der Waals surface area (Å²) in [6, 6.07) is 14.5. The number of aromatic nitrogens is 3. The number of hydrogen-bond donors (Lipinski definition) is 1. The predicted molar refractivity (Wildman–Crippen MR) is 98.2 cm³/mol. The number of halogens is 1. The molecule has 1 N–H and O–H groups in total. The van der Waals surface area contributed by atoms with Crippen molar-refractivity contribution in [1.29, 1.82) is 0 Å². The topological polar surface area (TPSA) is 59.8 Å². The summed E-state index contributed by atoms with van der Waals surface area (Å²) in [5.41, 5.74) is 2.23. The Morgan fingerprint density at radius 1 is 1.25 bits per heavy atom. The minimum atomic E-state index is -0.715. The minimum Gasteiger partial charge on any atom is -0.319 e. The Kier molecular flexibility index (Phi) is 4.78. The van der Waals surface area contributed by atoms with E-state index in [1.807, 2.05) is 37.4 Å². The maximum atomic E-state index is 12.7. The van der Waals surface area contributed by atoms with Crippen LogP contribution in [0.1, 0.15) is 23.7 Å². The lowest BCUT2D eigenvalue weighted by Crippen LogP contribution is -2.48. The van der Waals surface area contributed by atoms with Gasteiger partial charge in [0.2, 0.25) is 0 Å². The average molecular weight is 361 g/mol. The van der Waals surface area contributed by atoms with E-state index in [0.29, 0.717) is 17.0 Å². The monoisotopic (exact) mass is 360 g/mol. The maximum absolute atomic E-state index is 12.7.